The molecular weight excluding hydrogens is 244 g/mol. The smallest absolute Gasteiger partial charge is 0.122 e. The van der Waals surface area contributed by atoms with E-state index in [9.17, 15) is 0 Å². The second-order valence-electron chi connectivity index (χ2n) is 5.44. The molecule has 1 aliphatic carbocycles. The first-order valence-corrected chi connectivity index (χ1v) is 7.77. The van der Waals surface area contributed by atoms with Gasteiger partial charge in [0.1, 0.15) is 11.1 Å². The normalized spacial score (nSPS) is 17.4. The van der Waals surface area contributed by atoms with E-state index in [0.29, 0.717) is 18.4 Å². The summed E-state index contributed by atoms with van der Waals surface area (Å²) in [7, 11) is 0. The molecule has 1 fully saturated rings. The van der Waals surface area contributed by atoms with Gasteiger partial charge in [-0.2, -0.15) is 0 Å². The molecule has 0 bridgehead atoms. The van der Waals surface area contributed by atoms with E-state index in [0.717, 1.165) is 18.0 Å². The lowest BCUT2D eigenvalue weighted by atomic mass is 10.1. The zero-order chi connectivity index (χ0) is 13.1. The molecule has 0 spiro atoms. The number of nitrogens with two attached hydrogens (primary N) is 1. The third-order valence-electron chi connectivity index (χ3n) is 3.22. The highest BCUT2D eigenvalue weighted by Gasteiger charge is 2.35. The monoisotopic (exact) mass is 268 g/mol. The Labute approximate surface area is 114 Å². The van der Waals surface area contributed by atoms with Crippen molar-refractivity contribution in [3.05, 3.63) is 15.6 Å². The Hall–Kier alpha value is -0.450. The number of hydrogen-bond acceptors (Lipinski definition) is 4. The van der Waals surface area contributed by atoms with Gasteiger partial charge in [0.15, 0.2) is 0 Å². The topological polar surface area (TPSA) is 48.1 Å². The first-order chi connectivity index (χ1) is 8.65. The third kappa shape index (κ3) is 3.31. The van der Waals surface area contributed by atoms with Crippen molar-refractivity contribution in [2.75, 3.05) is 6.61 Å². The van der Waals surface area contributed by atoms with E-state index < -0.39 is 0 Å². The highest BCUT2D eigenvalue weighted by Crippen LogP contribution is 2.44. The highest BCUT2D eigenvalue weighted by molar-refractivity contribution is 7.11. The van der Waals surface area contributed by atoms with E-state index in [1.54, 1.807) is 11.3 Å². The standard InChI is InChI=1S/C14H24N2OS/c1-4-17-13(10-5-6-10)14-16-11(7-9(2)3)12(8-15)18-14/h9-10,13H,4-8,15H2,1-3H3. The van der Waals surface area contributed by atoms with Crippen LogP contribution in [0.25, 0.3) is 0 Å². The fourth-order valence-electron chi connectivity index (χ4n) is 2.22. The number of thiazole rings is 1. The van der Waals surface area contributed by atoms with Crippen LogP contribution in [0.5, 0.6) is 0 Å². The summed E-state index contributed by atoms with van der Waals surface area (Å²) < 4.78 is 5.88. The Morgan fingerprint density at radius 3 is 2.67 bits per heavy atom. The fraction of sp³-hybridized carbons (Fsp3) is 0.786. The molecule has 0 amide bonds. The van der Waals surface area contributed by atoms with Crippen molar-refractivity contribution >= 4 is 11.3 Å². The van der Waals surface area contributed by atoms with Gasteiger partial charge in [-0.25, -0.2) is 4.98 Å². The molecule has 0 aromatic carbocycles. The maximum absolute atomic E-state index is 5.88. The Morgan fingerprint density at radius 1 is 1.44 bits per heavy atom. The molecule has 1 aromatic heterocycles. The van der Waals surface area contributed by atoms with Crippen molar-refractivity contribution in [3.8, 4) is 0 Å². The Kier molecular flexibility index (Phi) is 4.76. The number of ether oxygens (including phenoxy) is 1. The molecule has 0 aliphatic heterocycles. The van der Waals surface area contributed by atoms with Crippen LogP contribution < -0.4 is 5.73 Å². The van der Waals surface area contributed by atoms with E-state index in [1.165, 1.54) is 23.4 Å². The molecule has 1 unspecified atom stereocenters. The zero-order valence-electron chi connectivity index (χ0n) is 11.6. The van der Waals surface area contributed by atoms with E-state index in [1.807, 2.05) is 0 Å². The molecule has 1 heterocycles. The highest BCUT2D eigenvalue weighted by atomic mass is 32.1. The first-order valence-electron chi connectivity index (χ1n) is 6.95. The van der Waals surface area contributed by atoms with Gasteiger partial charge in [-0.05, 0) is 38.0 Å². The van der Waals surface area contributed by atoms with Crippen LogP contribution in [0.15, 0.2) is 0 Å². The third-order valence-corrected chi connectivity index (χ3v) is 4.40. The van der Waals surface area contributed by atoms with Gasteiger partial charge in [-0.1, -0.05) is 13.8 Å². The molecule has 2 rings (SSSR count). The minimum atomic E-state index is 0.214. The summed E-state index contributed by atoms with van der Waals surface area (Å²) in [5.74, 6) is 1.31. The SMILES string of the molecule is CCOC(c1nc(CC(C)C)c(CN)s1)C1CC1. The van der Waals surface area contributed by atoms with Crippen LogP contribution in [-0.4, -0.2) is 11.6 Å². The number of hydrogen-bond donors (Lipinski definition) is 1. The second kappa shape index (κ2) is 6.13. The van der Waals surface area contributed by atoms with Gasteiger partial charge in [-0.15, -0.1) is 11.3 Å². The largest absolute Gasteiger partial charge is 0.371 e. The second-order valence-corrected chi connectivity index (χ2v) is 6.55. The summed E-state index contributed by atoms with van der Waals surface area (Å²) in [5, 5.41) is 1.15. The van der Waals surface area contributed by atoms with Crippen LogP contribution in [-0.2, 0) is 17.7 Å². The molecule has 102 valence electrons. The molecule has 0 saturated heterocycles. The summed E-state index contributed by atoms with van der Waals surface area (Å²) in [6, 6.07) is 0. The van der Waals surface area contributed by atoms with E-state index >= 15 is 0 Å². The van der Waals surface area contributed by atoms with E-state index in [4.69, 9.17) is 15.5 Å². The van der Waals surface area contributed by atoms with Crippen molar-refractivity contribution in [3.63, 3.8) is 0 Å². The molecule has 1 saturated carbocycles. The van der Waals surface area contributed by atoms with Crippen LogP contribution >= 0.6 is 11.3 Å². The van der Waals surface area contributed by atoms with Crippen LogP contribution in [0.4, 0.5) is 0 Å². The van der Waals surface area contributed by atoms with E-state index in [-0.39, 0.29) is 6.10 Å². The molecule has 2 N–H and O–H groups in total. The van der Waals surface area contributed by atoms with Gasteiger partial charge in [0, 0.05) is 18.0 Å². The van der Waals surface area contributed by atoms with Crippen LogP contribution in [0, 0.1) is 11.8 Å². The van der Waals surface area contributed by atoms with Crippen molar-refractivity contribution in [1.82, 2.24) is 4.98 Å². The van der Waals surface area contributed by atoms with Gasteiger partial charge in [0.2, 0.25) is 0 Å². The number of rotatable bonds is 7. The molecule has 1 aliphatic rings. The molecular formula is C14H24N2OS. The molecule has 18 heavy (non-hydrogen) atoms. The maximum atomic E-state index is 5.88. The maximum Gasteiger partial charge on any atom is 0.122 e. The molecule has 1 aromatic rings. The van der Waals surface area contributed by atoms with Crippen molar-refractivity contribution in [2.45, 2.75) is 52.7 Å². The predicted octanol–water partition coefficient (Wildman–Crippen LogP) is 3.29. The van der Waals surface area contributed by atoms with Gasteiger partial charge < -0.3 is 10.5 Å². The lowest BCUT2D eigenvalue weighted by Gasteiger charge is -2.12. The quantitative estimate of drug-likeness (QED) is 0.825. The molecule has 3 nitrogen and oxygen atoms in total. The first kappa shape index (κ1) is 14.0. The zero-order valence-corrected chi connectivity index (χ0v) is 12.4. The lowest BCUT2D eigenvalue weighted by molar-refractivity contribution is 0.0461. The van der Waals surface area contributed by atoms with Crippen LogP contribution in [0.3, 0.4) is 0 Å². The minimum absolute atomic E-state index is 0.214. The minimum Gasteiger partial charge on any atom is -0.371 e. The Morgan fingerprint density at radius 2 is 2.17 bits per heavy atom. The Balaban J connectivity index is 2.18. The van der Waals surface area contributed by atoms with Gasteiger partial charge in [0.05, 0.1) is 5.69 Å². The van der Waals surface area contributed by atoms with Gasteiger partial charge >= 0.3 is 0 Å². The Bertz CT molecular complexity index is 385. The summed E-state index contributed by atoms with van der Waals surface area (Å²) in [5.41, 5.74) is 7.03. The number of nitrogens with zero attached hydrogens (tertiary/aromatic N) is 1. The van der Waals surface area contributed by atoms with Gasteiger partial charge in [0.25, 0.3) is 0 Å². The molecule has 1 atom stereocenters. The summed E-state index contributed by atoms with van der Waals surface area (Å²) in [4.78, 5) is 6.05. The van der Waals surface area contributed by atoms with Crippen molar-refractivity contribution in [2.24, 2.45) is 17.6 Å². The summed E-state index contributed by atoms with van der Waals surface area (Å²) in [6.07, 6.45) is 3.79. The average molecular weight is 268 g/mol. The number of aromatic nitrogens is 1. The molecule has 4 heteroatoms. The van der Waals surface area contributed by atoms with Crippen molar-refractivity contribution < 1.29 is 4.74 Å². The van der Waals surface area contributed by atoms with Crippen LogP contribution in [0.2, 0.25) is 0 Å². The molecule has 0 radical (unpaired) electrons. The summed E-state index contributed by atoms with van der Waals surface area (Å²) >= 11 is 1.76. The van der Waals surface area contributed by atoms with E-state index in [2.05, 4.69) is 20.8 Å². The average Bonchev–Trinajstić information content (AvgIpc) is 3.08. The summed E-state index contributed by atoms with van der Waals surface area (Å²) in [6.45, 7) is 7.86. The van der Waals surface area contributed by atoms with Gasteiger partial charge in [-0.3, -0.25) is 0 Å². The fourth-order valence-corrected chi connectivity index (χ4v) is 3.33. The van der Waals surface area contributed by atoms with Crippen molar-refractivity contribution in [1.29, 1.82) is 0 Å². The lowest BCUT2D eigenvalue weighted by Crippen LogP contribution is -2.06. The van der Waals surface area contributed by atoms with Crippen LogP contribution in [0.1, 0.15) is 55.3 Å². The predicted molar refractivity (Wildman–Crippen MR) is 75.6 cm³/mol.